The number of thioether (sulfide) groups is 1. The quantitative estimate of drug-likeness (QED) is 0.444. The van der Waals surface area contributed by atoms with Crippen LogP contribution >= 0.6 is 11.8 Å². The lowest BCUT2D eigenvalue weighted by Crippen LogP contribution is -2.34. The van der Waals surface area contributed by atoms with Crippen LogP contribution in [-0.4, -0.2) is 46.5 Å². The largest absolute Gasteiger partial charge is 0.378 e. The molecule has 4 rings (SSSR count). The second-order valence-electron chi connectivity index (χ2n) is 7.54. The highest BCUT2D eigenvalue weighted by atomic mass is 32.2. The number of benzene rings is 2. The second-order valence-corrected chi connectivity index (χ2v) is 8.48. The first-order chi connectivity index (χ1) is 15.4. The fraction of sp³-hybridized carbons (Fsp3) is 0.217. The highest BCUT2D eigenvalue weighted by molar-refractivity contribution is 8.15. The number of amidine groups is 1. The van der Waals surface area contributed by atoms with Crippen molar-refractivity contribution in [2.75, 3.05) is 29.6 Å². The van der Waals surface area contributed by atoms with Gasteiger partial charge in [-0.15, -0.1) is 5.10 Å². The molecule has 0 unspecified atom stereocenters. The molecular formula is C23H24N6O2S. The van der Waals surface area contributed by atoms with Gasteiger partial charge in [0.15, 0.2) is 5.17 Å². The standard InChI is InChI=1S/C23H24N6O2S/c1-16-21(22(31)29(27(16)4)19-8-6-5-7-9-19)28-20(30)15-32-23(28)25-24-14-17-10-12-18(13-11-17)26(2)3/h5-14H,15H2,1-4H3/b24-14+,25-23-. The van der Waals surface area contributed by atoms with Crippen LogP contribution in [0.5, 0.6) is 0 Å². The number of hydrogen-bond donors (Lipinski definition) is 0. The van der Waals surface area contributed by atoms with Gasteiger partial charge in [-0.05, 0) is 36.8 Å². The van der Waals surface area contributed by atoms with Gasteiger partial charge in [-0.25, -0.2) is 9.58 Å². The average Bonchev–Trinajstić information content (AvgIpc) is 3.25. The van der Waals surface area contributed by atoms with Crippen molar-refractivity contribution in [2.24, 2.45) is 17.3 Å². The van der Waals surface area contributed by atoms with Crippen LogP contribution < -0.4 is 15.4 Å². The van der Waals surface area contributed by atoms with Crippen LogP contribution in [0.3, 0.4) is 0 Å². The van der Waals surface area contributed by atoms with Crippen molar-refractivity contribution < 1.29 is 4.79 Å². The summed E-state index contributed by atoms with van der Waals surface area (Å²) in [4.78, 5) is 29.4. The van der Waals surface area contributed by atoms with Gasteiger partial charge < -0.3 is 4.90 Å². The highest BCUT2D eigenvalue weighted by Gasteiger charge is 2.35. The van der Waals surface area contributed by atoms with Crippen molar-refractivity contribution >= 4 is 40.4 Å². The van der Waals surface area contributed by atoms with Gasteiger partial charge >= 0.3 is 0 Å². The van der Waals surface area contributed by atoms with Gasteiger partial charge in [0.05, 0.1) is 23.3 Å². The van der Waals surface area contributed by atoms with Gasteiger partial charge in [0.25, 0.3) is 5.56 Å². The lowest BCUT2D eigenvalue weighted by Gasteiger charge is -2.13. The fourth-order valence-electron chi connectivity index (χ4n) is 3.47. The Morgan fingerprint density at radius 2 is 1.72 bits per heavy atom. The molecule has 0 N–H and O–H groups in total. The molecule has 0 radical (unpaired) electrons. The zero-order chi connectivity index (χ0) is 22.8. The van der Waals surface area contributed by atoms with Crippen LogP contribution in [0, 0.1) is 6.92 Å². The fourth-order valence-corrected chi connectivity index (χ4v) is 4.28. The maximum atomic E-state index is 13.3. The monoisotopic (exact) mass is 448 g/mol. The smallest absolute Gasteiger partial charge is 0.296 e. The van der Waals surface area contributed by atoms with E-state index in [1.807, 2.05) is 80.5 Å². The number of anilines is 2. The lowest BCUT2D eigenvalue weighted by molar-refractivity contribution is -0.115. The first-order valence-electron chi connectivity index (χ1n) is 10.1. The zero-order valence-corrected chi connectivity index (χ0v) is 19.2. The normalized spacial score (nSPS) is 15.3. The molecule has 1 fully saturated rings. The minimum Gasteiger partial charge on any atom is -0.378 e. The molecule has 0 atom stereocenters. The van der Waals surface area contributed by atoms with Crippen molar-refractivity contribution in [3.05, 3.63) is 76.2 Å². The molecule has 32 heavy (non-hydrogen) atoms. The second kappa shape index (κ2) is 8.88. The van der Waals surface area contributed by atoms with Crippen LogP contribution in [0.1, 0.15) is 11.3 Å². The van der Waals surface area contributed by atoms with Gasteiger partial charge in [-0.3, -0.25) is 14.3 Å². The molecule has 0 bridgehead atoms. The van der Waals surface area contributed by atoms with E-state index in [1.165, 1.54) is 16.7 Å². The summed E-state index contributed by atoms with van der Waals surface area (Å²) >= 11 is 1.27. The van der Waals surface area contributed by atoms with E-state index in [4.69, 9.17) is 0 Å². The van der Waals surface area contributed by atoms with Gasteiger partial charge in [-0.2, -0.15) is 5.10 Å². The summed E-state index contributed by atoms with van der Waals surface area (Å²) in [6.45, 7) is 1.82. The number of carbonyl (C=O) groups is 1. The van der Waals surface area contributed by atoms with Gasteiger partial charge in [0, 0.05) is 26.8 Å². The van der Waals surface area contributed by atoms with Gasteiger partial charge in [0.1, 0.15) is 5.69 Å². The zero-order valence-electron chi connectivity index (χ0n) is 18.4. The average molecular weight is 449 g/mol. The van der Waals surface area contributed by atoms with E-state index in [-0.39, 0.29) is 17.2 Å². The molecule has 0 spiro atoms. The molecule has 0 aliphatic carbocycles. The predicted molar refractivity (Wildman–Crippen MR) is 131 cm³/mol. The Bertz CT molecular complexity index is 1260. The minimum absolute atomic E-state index is 0.190. The van der Waals surface area contributed by atoms with Gasteiger partial charge in [-0.1, -0.05) is 42.1 Å². The summed E-state index contributed by atoms with van der Waals surface area (Å²) in [6.07, 6.45) is 1.63. The summed E-state index contributed by atoms with van der Waals surface area (Å²) in [5, 5.41) is 8.83. The number of amides is 1. The molecule has 1 saturated heterocycles. The van der Waals surface area contributed by atoms with Crippen LogP contribution in [0.15, 0.2) is 69.6 Å². The topological polar surface area (TPSA) is 75.2 Å². The van der Waals surface area contributed by atoms with E-state index < -0.39 is 0 Å². The Labute approximate surface area is 190 Å². The number of nitrogens with zero attached hydrogens (tertiary/aromatic N) is 6. The Kier molecular flexibility index (Phi) is 6.00. The molecule has 2 heterocycles. The molecule has 1 amide bonds. The third kappa shape index (κ3) is 3.99. The third-order valence-corrected chi connectivity index (χ3v) is 6.19. The molecule has 0 saturated carbocycles. The molecule has 1 aromatic heterocycles. The van der Waals surface area contributed by atoms with Crippen LogP contribution in [0.4, 0.5) is 11.4 Å². The molecule has 1 aliphatic heterocycles. The first kappa shape index (κ1) is 21.6. The Hall–Kier alpha value is -3.59. The van der Waals surface area contributed by atoms with Crippen LogP contribution in [0.2, 0.25) is 0 Å². The van der Waals surface area contributed by atoms with Crippen LogP contribution in [-0.2, 0) is 11.8 Å². The predicted octanol–water partition coefficient (Wildman–Crippen LogP) is 3.02. The maximum Gasteiger partial charge on any atom is 0.296 e. The molecular weight excluding hydrogens is 424 g/mol. The van der Waals surface area contributed by atoms with E-state index in [9.17, 15) is 9.59 Å². The highest BCUT2D eigenvalue weighted by Crippen LogP contribution is 2.28. The molecule has 3 aromatic rings. The minimum atomic E-state index is -0.275. The number of aromatic nitrogens is 2. The van der Waals surface area contributed by atoms with E-state index in [0.717, 1.165) is 16.9 Å². The molecule has 2 aromatic carbocycles. The SMILES string of the molecule is Cc1c(N2C(=O)CS/C2=N\N=C\c2ccc(N(C)C)cc2)c(=O)n(-c2ccccc2)n1C. The van der Waals surface area contributed by atoms with Crippen molar-refractivity contribution in [3.63, 3.8) is 0 Å². The number of rotatable bonds is 5. The van der Waals surface area contributed by atoms with E-state index >= 15 is 0 Å². The number of hydrogen-bond acceptors (Lipinski definition) is 6. The number of carbonyl (C=O) groups excluding carboxylic acids is 1. The Morgan fingerprint density at radius 3 is 2.38 bits per heavy atom. The van der Waals surface area contributed by atoms with E-state index in [0.29, 0.717) is 16.5 Å². The Balaban J connectivity index is 1.67. The summed E-state index contributed by atoms with van der Waals surface area (Å²) in [7, 11) is 5.76. The molecule has 9 heteroatoms. The Morgan fingerprint density at radius 1 is 1.03 bits per heavy atom. The first-order valence-corrected chi connectivity index (χ1v) is 11.0. The third-order valence-electron chi connectivity index (χ3n) is 5.27. The molecule has 1 aliphatic rings. The van der Waals surface area contributed by atoms with Crippen molar-refractivity contribution in [3.8, 4) is 5.69 Å². The van der Waals surface area contributed by atoms with Crippen LogP contribution in [0.25, 0.3) is 5.69 Å². The summed E-state index contributed by atoms with van der Waals surface area (Å²) < 4.78 is 3.30. The molecule has 164 valence electrons. The number of para-hydroxylation sites is 1. The van der Waals surface area contributed by atoms with Gasteiger partial charge in [0.2, 0.25) is 5.91 Å². The molecule has 8 nitrogen and oxygen atoms in total. The summed E-state index contributed by atoms with van der Waals surface area (Å²) in [5.41, 5.74) is 3.41. The van der Waals surface area contributed by atoms with Crippen molar-refractivity contribution in [1.82, 2.24) is 9.36 Å². The van der Waals surface area contributed by atoms with Crippen molar-refractivity contribution in [1.29, 1.82) is 0 Å². The van der Waals surface area contributed by atoms with E-state index in [1.54, 1.807) is 22.6 Å². The van der Waals surface area contributed by atoms with E-state index in [2.05, 4.69) is 10.2 Å². The lowest BCUT2D eigenvalue weighted by atomic mass is 10.2. The summed E-state index contributed by atoms with van der Waals surface area (Å²) in [5.74, 6) is 0.0238. The maximum absolute atomic E-state index is 13.3. The summed E-state index contributed by atoms with van der Waals surface area (Å²) in [6, 6.07) is 17.2. The van der Waals surface area contributed by atoms with Crippen molar-refractivity contribution in [2.45, 2.75) is 6.92 Å².